The van der Waals surface area contributed by atoms with Crippen LogP contribution in [0.1, 0.15) is 110 Å². The minimum Gasteiger partial charge on any atom is -0.313 e. The number of allylic oxidation sites excluding steroid dienone is 2. The zero-order valence-corrected chi connectivity index (χ0v) is 15.7. The van der Waals surface area contributed by atoms with Crippen molar-refractivity contribution in [3.63, 3.8) is 0 Å². The molecular formula is C21H42N2. The number of hydrogen-bond donors (Lipinski definition) is 2. The summed E-state index contributed by atoms with van der Waals surface area (Å²) in [5, 5.41) is 0. The fourth-order valence-corrected chi connectivity index (χ4v) is 3.38. The molecule has 1 saturated carbocycles. The van der Waals surface area contributed by atoms with E-state index in [0.717, 1.165) is 6.42 Å². The molecule has 2 nitrogen and oxygen atoms in total. The maximum absolute atomic E-state index is 5.85. The molecule has 0 aliphatic heterocycles. The van der Waals surface area contributed by atoms with Crippen LogP contribution in [0.3, 0.4) is 0 Å². The van der Waals surface area contributed by atoms with Crippen LogP contribution in [0.15, 0.2) is 12.2 Å². The van der Waals surface area contributed by atoms with E-state index in [2.05, 4.69) is 19.1 Å². The minimum atomic E-state index is -0.304. The topological polar surface area (TPSA) is 52.0 Å². The lowest BCUT2D eigenvalue weighted by Crippen LogP contribution is -2.35. The van der Waals surface area contributed by atoms with Crippen molar-refractivity contribution in [2.24, 2.45) is 17.4 Å². The number of rotatable bonds is 16. The van der Waals surface area contributed by atoms with Gasteiger partial charge in [-0.3, -0.25) is 0 Å². The molecule has 1 rings (SSSR count). The molecule has 0 spiro atoms. The van der Waals surface area contributed by atoms with Crippen molar-refractivity contribution in [2.45, 2.75) is 115 Å². The molecule has 0 heterocycles. The highest BCUT2D eigenvalue weighted by atomic mass is 15.0. The number of nitrogens with two attached hydrogens (primary N) is 2. The molecule has 0 aromatic rings. The van der Waals surface area contributed by atoms with E-state index >= 15 is 0 Å². The molecule has 1 atom stereocenters. The summed E-state index contributed by atoms with van der Waals surface area (Å²) in [5.74, 6) is 0.610. The van der Waals surface area contributed by atoms with Crippen LogP contribution in [0.4, 0.5) is 0 Å². The fraction of sp³-hybridized carbons (Fsp3) is 0.905. The van der Waals surface area contributed by atoms with Gasteiger partial charge in [0, 0.05) is 0 Å². The van der Waals surface area contributed by atoms with Gasteiger partial charge in [0.25, 0.3) is 0 Å². The van der Waals surface area contributed by atoms with Gasteiger partial charge >= 0.3 is 0 Å². The lowest BCUT2D eigenvalue weighted by atomic mass is 10.1. The van der Waals surface area contributed by atoms with Crippen molar-refractivity contribution >= 4 is 0 Å². The van der Waals surface area contributed by atoms with E-state index in [9.17, 15) is 0 Å². The van der Waals surface area contributed by atoms with Crippen LogP contribution in [-0.4, -0.2) is 5.66 Å². The van der Waals surface area contributed by atoms with Gasteiger partial charge in [-0.25, -0.2) is 0 Å². The summed E-state index contributed by atoms with van der Waals surface area (Å²) in [6.07, 6.45) is 26.3. The molecule has 0 saturated heterocycles. The molecule has 1 unspecified atom stereocenters. The van der Waals surface area contributed by atoms with Crippen molar-refractivity contribution in [2.75, 3.05) is 0 Å². The third-order valence-corrected chi connectivity index (χ3v) is 5.26. The molecule has 136 valence electrons. The van der Waals surface area contributed by atoms with Gasteiger partial charge in [0.05, 0.1) is 5.66 Å². The molecule has 1 aliphatic carbocycles. The number of hydrogen-bond acceptors (Lipinski definition) is 2. The molecule has 23 heavy (non-hydrogen) atoms. The Morgan fingerprint density at radius 2 is 1.17 bits per heavy atom. The van der Waals surface area contributed by atoms with Gasteiger partial charge in [-0.2, -0.15) is 0 Å². The van der Waals surface area contributed by atoms with Crippen molar-refractivity contribution in [1.82, 2.24) is 0 Å². The van der Waals surface area contributed by atoms with Gasteiger partial charge in [0.1, 0.15) is 0 Å². The normalized spacial score (nSPS) is 19.5. The van der Waals surface area contributed by atoms with E-state index in [1.54, 1.807) is 0 Å². The molecule has 0 aromatic heterocycles. The Morgan fingerprint density at radius 1 is 0.739 bits per heavy atom. The zero-order chi connectivity index (χ0) is 16.8. The van der Waals surface area contributed by atoms with E-state index in [1.165, 1.54) is 96.3 Å². The SMILES string of the molecule is CCCCCCCC/C=C\CCCCCCCCC1CC1(N)N. The van der Waals surface area contributed by atoms with Crippen LogP contribution < -0.4 is 11.5 Å². The van der Waals surface area contributed by atoms with Gasteiger partial charge in [0.15, 0.2) is 0 Å². The van der Waals surface area contributed by atoms with E-state index in [0.29, 0.717) is 5.92 Å². The highest BCUT2D eigenvalue weighted by Gasteiger charge is 2.46. The lowest BCUT2D eigenvalue weighted by molar-refractivity contribution is 0.525. The van der Waals surface area contributed by atoms with Gasteiger partial charge in [-0.15, -0.1) is 0 Å². The molecule has 1 aliphatic rings. The highest BCUT2D eigenvalue weighted by molar-refractivity contribution is 5.02. The lowest BCUT2D eigenvalue weighted by Gasteiger charge is -2.04. The van der Waals surface area contributed by atoms with Crippen LogP contribution >= 0.6 is 0 Å². The standard InChI is InChI=1S/C21H42N2/c1-2-3-4-5-6-7-8-9-10-11-12-13-14-15-16-17-18-20-19-21(20,22)23/h9-10,20H,2-8,11-19,22-23H2,1H3/b10-9-. The molecule has 0 bridgehead atoms. The molecule has 0 radical (unpaired) electrons. The summed E-state index contributed by atoms with van der Waals surface area (Å²) in [6.45, 7) is 2.28. The predicted molar refractivity (Wildman–Crippen MR) is 103 cm³/mol. The van der Waals surface area contributed by atoms with Gasteiger partial charge in [0.2, 0.25) is 0 Å². The van der Waals surface area contributed by atoms with Crippen molar-refractivity contribution < 1.29 is 0 Å². The summed E-state index contributed by atoms with van der Waals surface area (Å²) in [4.78, 5) is 0. The summed E-state index contributed by atoms with van der Waals surface area (Å²) >= 11 is 0. The second-order valence-corrected chi connectivity index (χ2v) is 7.74. The van der Waals surface area contributed by atoms with Crippen molar-refractivity contribution in [1.29, 1.82) is 0 Å². The highest BCUT2D eigenvalue weighted by Crippen LogP contribution is 2.40. The molecule has 1 fully saturated rings. The van der Waals surface area contributed by atoms with Crippen LogP contribution in [-0.2, 0) is 0 Å². The third-order valence-electron chi connectivity index (χ3n) is 5.26. The van der Waals surface area contributed by atoms with Gasteiger partial charge in [-0.1, -0.05) is 83.3 Å². The zero-order valence-electron chi connectivity index (χ0n) is 15.7. The minimum absolute atomic E-state index is 0.304. The molecule has 0 aromatic carbocycles. The van der Waals surface area contributed by atoms with Crippen LogP contribution in [0.25, 0.3) is 0 Å². The van der Waals surface area contributed by atoms with E-state index in [4.69, 9.17) is 11.5 Å². The van der Waals surface area contributed by atoms with E-state index in [1.807, 2.05) is 0 Å². The predicted octanol–water partition coefficient (Wildman–Crippen LogP) is 6.05. The second-order valence-electron chi connectivity index (χ2n) is 7.74. The maximum Gasteiger partial charge on any atom is 0.0670 e. The van der Waals surface area contributed by atoms with Gasteiger partial charge in [-0.05, 0) is 44.4 Å². The Balaban J connectivity index is 1.70. The van der Waals surface area contributed by atoms with E-state index in [-0.39, 0.29) is 5.66 Å². The first kappa shape index (κ1) is 20.7. The van der Waals surface area contributed by atoms with Crippen LogP contribution in [0, 0.1) is 5.92 Å². The first-order valence-electron chi connectivity index (χ1n) is 10.4. The average Bonchev–Trinajstić information content (AvgIpc) is 3.14. The average molecular weight is 323 g/mol. The Labute approximate surface area is 145 Å². The molecular weight excluding hydrogens is 280 g/mol. The van der Waals surface area contributed by atoms with Crippen LogP contribution in [0.5, 0.6) is 0 Å². The summed E-state index contributed by atoms with van der Waals surface area (Å²) in [7, 11) is 0. The summed E-state index contributed by atoms with van der Waals surface area (Å²) < 4.78 is 0. The quantitative estimate of drug-likeness (QED) is 0.206. The Hall–Kier alpha value is -0.340. The first-order valence-corrected chi connectivity index (χ1v) is 10.4. The first-order chi connectivity index (χ1) is 11.2. The summed E-state index contributed by atoms with van der Waals surface area (Å²) in [6, 6.07) is 0. The van der Waals surface area contributed by atoms with Crippen LogP contribution in [0.2, 0.25) is 0 Å². The molecule has 2 heteroatoms. The summed E-state index contributed by atoms with van der Waals surface area (Å²) in [5.41, 5.74) is 11.4. The third kappa shape index (κ3) is 11.8. The second kappa shape index (κ2) is 13.0. The van der Waals surface area contributed by atoms with Crippen molar-refractivity contribution in [3.8, 4) is 0 Å². The van der Waals surface area contributed by atoms with E-state index < -0.39 is 0 Å². The largest absolute Gasteiger partial charge is 0.313 e. The molecule has 0 amide bonds. The Kier molecular flexibility index (Phi) is 11.7. The van der Waals surface area contributed by atoms with Gasteiger partial charge < -0.3 is 11.5 Å². The Morgan fingerprint density at radius 3 is 1.65 bits per heavy atom. The monoisotopic (exact) mass is 322 g/mol. The fourth-order valence-electron chi connectivity index (χ4n) is 3.38. The van der Waals surface area contributed by atoms with Crippen molar-refractivity contribution in [3.05, 3.63) is 12.2 Å². The Bertz CT molecular complexity index is 296. The number of unbranched alkanes of at least 4 members (excludes halogenated alkanes) is 12. The molecule has 4 N–H and O–H groups in total. The smallest absolute Gasteiger partial charge is 0.0670 e. The maximum atomic E-state index is 5.85.